The summed E-state index contributed by atoms with van der Waals surface area (Å²) in [6.45, 7) is 20.8. The quantitative estimate of drug-likeness (QED) is 0.179. The van der Waals surface area contributed by atoms with Crippen LogP contribution in [0.3, 0.4) is 0 Å². The molecular weight excluding hydrogens is 616 g/mol. The van der Waals surface area contributed by atoms with Crippen molar-refractivity contribution in [3.05, 3.63) is 0 Å². The maximum absolute atomic E-state index is 12.8. The lowest BCUT2D eigenvalue weighted by Crippen LogP contribution is -2.61. The van der Waals surface area contributed by atoms with E-state index in [1.54, 1.807) is 21.0 Å². The first-order chi connectivity index (χ1) is 22.4. The van der Waals surface area contributed by atoms with Crippen molar-refractivity contribution in [3.8, 4) is 0 Å². The molecule has 48 heavy (non-hydrogen) atoms. The molecule has 0 aromatic carbocycles. The highest BCUT2D eigenvalue weighted by Crippen LogP contribution is 2.27. The van der Waals surface area contributed by atoms with E-state index in [9.17, 15) is 19.5 Å². The molecule has 0 spiro atoms. The number of nitrogens with zero attached hydrogens (tertiary/aromatic N) is 4. The highest BCUT2D eigenvalue weighted by Gasteiger charge is 2.42. The molecule has 12 nitrogen and oxygen atoms in total. The molecule has 0 aromatic heterocycles. The maximum Gasteiger partial charge on any atom is 0.319 e. The molecule has 2 fully saturated rings. The Bertz CT molecular complexity index is 928. The number of hydrogen-bond acceptors (Lipinski definition) is 11. The molecule has 6 unspecified atom stereocenters. The second kappa shape index (κ2) is 22.9. The van der Waals surface area contributed by atoms with E-state index in [2.05, 4.69) is 39.6 Å². The molecule has 1 amide bonds. The van der Waals surface area contributed by atoms with Gasteiger partial charge in [-0.1, -0.05) is 34.1 Å². The lowest BCUT2D eigenvalue weighted by atomic mass is 9.86. The van der Waals surface area contributed by atoms with Gasteiger partial charge in [0.1, 0.15) is 18.1 Å². The molecule has 284 valence electrons. The average molecular weight is 689 g/mol. The van der Waals surface area contributed by atoms with Gasteiger partial charge in [0.15, 0.2) is 12.1 Å². The van der Waals surface area contributed by atoms with E-state index in [1.807, 2.05) is 56.6 Å². The molecule has 2 heterocycles. The van der Waals surface area contributed by atoms with Gasteiger partial charge in [0.2, 0.25) is 5.91 Å². The van der Waals surface area contributed by atoms with Crippen LogP contribution in [0, 0.1) is 17.3 Å². The highest BCUT2D eigenvalue weighted by molar-refractivity contribution is 6.03. The van der Waals surface area contributed by atoms with Crippen LogP contribution in [0.4, 0.5) is 0 Å². The monoisotopic (exact) mass is 689 g/mol. The Morgan fingerprint density at radius 1 is 1.02 bits per heavy atom. The van der Waals surface area contributed by atoms with Crippen LogP contribution < -0.4 is 0 Å². The van der Waals surface area contributed by atoms with Crippen molar-refractivity contribution >= 4 is 17.7 Å². The topological polar surface area (TPSA) is 121 Å². The smallest absolute Gasteiger partial charge is 0.319 e. The Morgan fingerprint density at radius 3 is 2.08 bits per heavy atom. The molecule has 12 heteroatoms. The van der Waals surface area contributed by atoms with Crippen LogP contribution in [0.2, 0.25) is 0 Å². The maximum atomic E-state index is 12.8. The Hall–Kier alpha value is -1.67. The van der Waals surface area contributed by atoms with Crippen LogP contribution in [-0.4, -0.2) is 161 Å². The molecule has 1 N–H and O–H groups in total. The largest absolute Gasteiger partial charge is 0.463 e. The van der Waals surface area contributed by atoms with Crippen molar-refractivity contribution < 1.29 is 38.4 Å². The minimum Gasteiger partial charge on any atom is -0.463 e. The fourth-order valence-electron chi connectivity index (χ4n) is 5.53. The Morgan fingerprint density at radius 2 is 1.60 bits per heavy atom. The zero-order chi connectivity index (χ0) is 37.4. The van der Waals surface area contributed by atoms with Gasteiger partial charge in [0.05, 0.1) is 19.3 Å². The number of carbonyl (C=O) groups excluding carboxylic acids is 3. The normalized spacial score (nSPS) is 22.8. The lowest BCUT2D eigenvalue weighted by molar-refractivity contribution is -0.242. The van der Waals surface area contributed by atoms with Crippen LogP contribution in [0.15, 0.2) is 0 Å². The van der Waals surface area contributed by atoms with E-state index in [-0.39, 0.29) is 55.4 Å². The molecular formula is C36H72N4O8. The predicted octanol–water partition coefficient (Wildman–Crippen LogP) is 3.39. The number of aliphatic hydroxyl groups is 1. The summed E-state index contributed by atoms with van der Waals surface area (Å²) >= 11 is 0. The molecule has 0 aromatic rings. The third-order valence-electron chi connectivity index (χ3n) is 9.57. The Kier molecular flexibility index (Phi) is 22.1. The molecule has 0 saturated carbocycles. The first kappa shape index (κ1) is 46.3. The Balaban J connectivity index is 0.00000122. The van der Waals surface area contributed by atoms with Gasteiger partial charge in [-0.05, 0) is 75.1 Å². The third-order valence-corrected chi connectivity index (χ3v) is 9.57. The number of likely N-dealkylation sites (tertiary alicyclic amines) is 1. The van der Waals surface area contributed by atoms with Gasteiger partial charge in [-0.3, -0.25) is 24.2 Å². The van der Waals surface area contributed by atoms with Crippen molar-refractivity contribution in [1.29, 1.82) is 0 Å². The second-order valence-electron chi connectivity index (χ2n) is 14.3. The number of methoxy groups -OCH3 is 2. The Labute approximate surface area is 292 Å². The van der Waals surface area contributed by atoms with Crippen LogP contribution in [0.1, 0.15) is 81.6 Å². The third kappa shape index (κ3) is 14.7. The van der Waals surface area contributed by atoms with Crippen molar-refractivity contribution in [3.63, 3.8) is 0 Å². The number of rotatable bonds is 17. The van der Waals surface area contributed by atoms with E-state index in [0.29, 0.717) is 31.6 Å². The molecule has 2 rings (SSSR count). The van der Waals surface area contributed by atoms with Crippen LogP contribution >= 0.6 is 0 Å². The van der Waals surface area contributed by atoms with Gasteiger partial charge in [0, 0.05) is 64.3 Å². The number of ether oxygens (including phenoxy) is 4. The SMILES string of the molecule is CC.CCC(C)CN(C)C(COC(=O)C(C)(C)C(=O)CCOC)C1CN(C(=O)CN(C)C(C)C)C1.COC1OC(C)CC(N(C)C)C1O. The summed E-state index contributed by atoms with van der Waals surface area (Å²) in [4.78, 5) is 46.0. The van der Waals surface area contributed by atoms with E-state index < -0.39 is 23.8 Å². The minimum absolute atomic E-state index is 0.000273. The number of carbonyl (C=O) groups is 3. The van der Waals surface area contributed by atoms with Gasteiger partial charge < -0.3 is 33.9 Å². The zero-order valence-corrected chi connectivity index (χ0v) is 33.1. The number of aliphatic hydroxyl groups excluding tert-OH is 1. The van der Waals surface area contributed by atoms with E-state index in [1.165, 1.54) is 7.11 Å². The predicted molar refractivity (Wildman–Crippen MR) is 191 cm³/mol. The second-order valence-corrected chi connectivity index (χ2v) is 14.3. The number of esters is 1. The van der Waals surface area contributed by atoms with E-state index in [0.717, 1.165) is 19.4 Å². The summed E-state index contributed by atoms with van der Waals surface area (Å²) < 4.78 is 21.2. The molecule has 2 aliphatic heterocycles. The summed E-state index contributed by atoms with van der Waals surface area (Å²) in [5, 5.41) is 9.83. The van der Waals surface area contributed by atoms with Gasteiger partial charge in [-0.15, -0.1) is 0 Å². The zero-order valence-electron chi connectivity index (χ0n) is 33.1. The summed E-state index contributed by atoms with van der Waals surface area (Å²) in [5.41, 5.74) is -1.21. The number of amides is 1. The number of hydrogen-bond donors (Lipinski definition) is 1. The van der Waals surface area contributed by atoms with Crippen molar-refractivity contribution in [2.75, 3.05) is 81.8 Å². The summed E-state index contributed by atoms with van der Waals surface area (Å²) in [7, 11) is 11.0. The molecule has 0 radical (unpaired) electrons. The fourth-order valence-corrected chi connectivity index (χ4v) is 5.53. The molecule has 2 saturated heterocycles. The molecule has 0 bridgehead atoms. The standard InChI is InChI=1S/C25H47N3O5.C9H19NO3.C2H6/c1-10-19(4)13-27(8)21(17-33-24(31)25(5,6)22(29)11-12-32-9)20-14-28(15-20)23(30)16-26(7)18(2)3;1-6-5-7(10(2)3)8(11)9(12-4)13-6;1-2/h18-21H,10-17H2,1-9H3;6-9,11H,5H2,1-4H3;1-2H3. The first-order valence-electron chi connectivity index (χ1n) is 17.8. The number of likely N-dealkylation sites (N-methyl/N-ethyl adjacent to an activating group) is 3. The van der Waals surface area contributed by atoms with Gasteiger partial charge in [0.25, 0.3) is 0 Å². The van der Waals surface area contributed by atoms with E-state index in [4.69, 9.17) is 18.9 Å². The van der Waals surface area contributed by atoms with Crippen molar-refractivity contribution in [2.45, 2.75) is 118 Å². The van der Waals surface area contributed by atoms with Crippen molar-refractivity contribution in [2.24, 2.45) is 17.3 Å². The van der Waals surface area contributed by atoms with Gasteiger partial charge >= 0.3 is 5.97 Å². The summed E-state index contributed by atoms with van der Waals surface area (Å²) in [6.07, 6.45) is 1.18. The first-order valence-corrected chi connectivity index (χ1v) is 17.8. The number of ketones is 1. The molecule has 2 aliphatic rings. The van der Waals surface area contributed by atoms with Gasteiger partial charge in [-0.25, -0.2) is 0 Å². The van der Waals surface area contributed by atoms with Crippen LogP contribution in [0.5, 0.6) is 0 Å². The fraction of sp³-hybridized carbons (Fsp3) is 0.917. The average Bonchev–Trinajstić information content (AvgIpc) is 3.01. The minimum atomic E-state index is -1.21. The summed E-state index contributed by atoms with van der Waals surface area (Å²) in [6, 6.07) is 0.434. The van der Waals surface area contributed by atoms with Crippen LogP contribution in [-0.2, 0) is 33.3 Å². The number of Topliss-reactive ketones (excluding diaryl/α,β-unsaturated/α-hetero) is 1. The molecule has 6 atom stereocenters. The summed E-state index contributed by atoms with van der Waals surface area (Å²) in [5.74, 6) is 0.183. The van der Waals surface area contributed by atoms with Crippen LogP contribution in [0.25, 0.3) is 0 Å². The highest BCUT2D eigenvalue weighted by atomic mass is 16.7. The van der Waals surface area contributed by atoms with E-state index >= 15 is 0 Å². The van der Waals surface area contributed by atoms with Crippen molar-refractivity contribution in [1.82, 2.24) is 19.6 Å². The lowest BCUT2D eigenvalue weighted by Gasteiger charge is -2.47. The van der Waals surface area contributed by atoms with Gasteiger partial charge in [-0.2, -0.15) is 0 Å². The molecule has 0 aliphatic carbocycles.